The third kappa shape index (κ3) is 2.89. The van der Waals surface area contributed by atoms with Crippen LogP contribution in [0.25, 0.3) is 0 Å². The molecule has 2 nitrogen and oxygen atoms in total. The van der Waals surface area contributed by atoms with Crippen LogP contribution in [0.2, 0.25) is 0 Å². The highest BCUT2D eigenvalue weighted by atomic mass is 79.9. The molecule has 2 rings (SSSR count). The number of hydrogen-bond donors (Lipinski definition) is 1. The maximum atomic E-state index is 5.93. The minimum atomic E-state index is 0.162. The van der Waals surface area contributed by atoms with Gasteiger partial charge in [-0.25, -0.2) is 0 Å². The second-order valence-corrected chi connectivity index (χ2v) is 6.06. The van der Waals surface area contributed by atoms with E-state index in [9.17, 15) is 0 Å². The molecule has 1 aromatic carbocycles. The third-order valence-corrected chi connectivity index (χ3v) is 4.45. The van der Waals surface area contributed by atoms with Crippen molar-refractivity contribution < 1.29 is 4.74 Å². The van der Waals surface area contributed by atoms with Crippen molar-refractivity contribution in [3.05, 3.63) is 27.2 Å². The van der Waals surface area contributed by atoms with E-state index in [1.807, 2.05) is 6.92 Å². The van der Waals surface area contributed by atoms with Crippen molar-refractivity contribution >= 4 is 15.9 Å². The third-order valence-electron chi connectivity index (χ3n) is 3.61. The van der Waals surface area contributed by atoms with Gasteiger partial charge in [-0.15, -0.1) is 0 Å². The van der Waals surface area contributed by atoms with Crippen LogP contribution >= 0.6 is 15.9 Å². The first kappa shape index (κ1) is 13.9. The van der Waals surface area contributed by atoms with E-state index in [2.05, 4.69) is 22.0 Å². The summed E-state index contributed by atoms with van der Waals surface area (Å²) in [7, 11) is 1.74. The van der Waals surface area contributed by atoms with Gasteiger partial charge in [0.2, 0.25) is 0 Å². The van der Waals surface area contributed by atoms with Gasteiger partial charge in [0.1, 0.15) is 5.75 Å². The summed E-state index contributed by atoms with van der Waals surface area (Å²) >= 11 is 3.74. The van der Waals surface area contributed by atoms with Crippen LogP contribution in [-0.2, 0) is 19.3 Å². The van der Waals surface area contributed by atoms with Crippen molar-refractivity contribution in [1.29, 1.82) is 0 Å². The fourth-order valence-corrected chi connectivity index (χ4v) is 3.66. The molecule has 0 aliphatic heterocycles. The van der Waals surface area contributed by atoms with Gasteiger partial charge in [0.15, 0.2) is 0 Å². The van der Waals surface area contributed by atoms with Gasteiger partial charge in [0, 0.05) is 6.04 Å². The van der Waals surface area contributed by atoms with E-state index >= 15 is 0 Å². The number of halogens is 1. The molecule has 0 spiro atoms. The summed E-state index contributed by atoms with van der Waals surface area (Å²) in [5.41, 5.74) is 10.1. The number of hydrogen-bond acceptors (Lipinski definition) is 2. The topological polar surface area (TPSA) is 35.2 Å². The summed E-state index contributed by atoms with van der Waals surface area (Å²) in [5, 5.41) is 0. The van der Waals surface area contributed by atoms with Gasteiger partial charge in [-0.2, -0.15) is 0 Å². The van der Waals surface area contributed by atoms with Gasteiger partial charge in [0.05, 0.1) is 11.6 Å². The first-order valence-corrected chi connectivity index (χ1v) is 7.55. The summed E-state index contributed by atoms with van der Waals surface area (Å²) in [4.78, 5) is 0. The average Bonchev–Trinajstić information content (AvgIpc) is 2.54. The number of rotatable bonds is 3. The van der Waals surface area contributed by atoms with Crippen LogP contribution in [0.3, 0.4) is 0 Å². The second kappa shape index (κ2) is 6.07. The fourth-order valence-electron chi connectivity index (χ4n) is 2.79. The smallest absolute Gasteiger partial charge is 0.136 e. The van der Waals surface area contributed by atoms with E-state index in [1.165, 1.54) is 42.4 Å². The standard InChI is InChI=1S/C15H22BrNO/c1-10(17)8-12-9-11-6-4-3-5-7-13(11)14(16)15(12)18-2/h9-10H,3-8,17H2,1-2H3. The Labute approximate surface area is 118 Å². The van der Waals surface area contributed by atoms with Crippen molar-refractivity contribution in [1.82, 2.24) is 0 Å². The molecule has 1 aliphatic carbocycles. The molecule has 1 unspecified atom stereocenters. The van der Waals surface area contributed by atoms with Crippen LogP contribution in [0.1, 0.15) is 42.9 Å². The van der Waals surface area contributed by atoms with E-state index in [1.54, 1.807) is 7.11 Å². The average molecular weight is 312 g/mol. The zero-order chi connectivity index (χ0) is 13.1. The van der Waals surface area contributed by atoms with Crippen LogP contribution < -0.4 is 10.5 Å². The molecule has 3 heteroatoms. The summed E-state index contributed by atoms with van der Waals surface area (Å²) in [6.45, 7) is 2.04. The van der Waals surface area contributed by atoms with Crippen LogP contribution in [0.5, 0.6) is 5.75 Å². The number of benzene rings is 1. The highest BCUT2D eigenvalue weighted by molar-refractivity contribution is 9.10. The van der Waals surface area contributed by atoms with Gasteiger partial charge >= 0.3 is 0 Å². The lowest BCUT2D eigenvalue weighted by molar-refractivity contribution is 0.404. The predicted molar refractivity (Wildman–Crippen MR) is 79.3 cm³/mol. The molecule has 0 aromatic heterocycles. The maximum Gasteiger partial charge on any atom is 0.136 e. The lowest BCUT2D eigenvalue weighted by Crippen LogP contribution is -2.18. The molecular weight excluding hydrogens is 290 g/mol. The minimum Gasteiger partial charge on any atom is -0.495 e. The Morgan fingerprint density at radius 1 is 1.33 bits per heavy atom. The highest BCUT2D eigenvalue weighted by Crippen LogP contribution is 2.38. The largest absolute Gasteiger partial charge is 0.495 e. The van der Waals surface area contributed by atoms with E-state index in [-0.39, 0.29) is 6.04 Å². The number of nitrogens with two attached hydrogens (primary N) is 1. The summed E-state index contributed by atoms with van der Waals surface area (Å²) in [5.74, 6) is 0.980. The van der Waals surface area contributed by atoms with Crippen molar-refractivity contribution in [2.24, 2.45) is 5.73 Å². The van der Waals surface area contributed by atoms with Gasteiger partial charge in [-0.05, 0) is 71.6 Å². The van der Waals surface area contributed by atoms with E-state index < -0.39 is 0 Å². The summed E-state index contributed by atoms with van der Waals surface area (Å²) in [6.07, 6.45) is 7.11. The molecule has 1 aromatic rings. The Morgan fingerprint density at radius 3 is 2.72 bits per heavy atom. The monoisotopic (exact) mass is 311 g/mol. The van der Waals surface area contributed by atoms with Crippen molar-refractivity contribution in [3.8, 4) is 5.75 Å². The number of aryl methyl sites for hydroxylation is 1. The Balaban J connectivity index is 2.47. The quantitative estimate of drug-likeness (QED) is 0.865. The first-order chi connectivity index (χ1) is 8.63. The van der Waals surface area contributed by atoms with E-state index in [4.69, 9.17) is 10.5 Å². The normalized spacial score (nSPS) is 16.9. The second-order valence-electron chi connectivity index (χ2n) is 5.26. The van der Waals surface area contributed by atoms with Crippen molar-refractivity contribution in [2.45, 2.75) is 51.5 Å². The Bertz CT molecular complexity index is 429. The lowest BCUT2D eigenvalue weighted by Gasteiger charge is -2.18. The van der Waals surface area contributed by atoms with Crippen LogP contribution in [-0.4, -0.2) is 13.2 Å². The SMILES string of the molecule is COc1c(CC(C)N)cc2c(c1Br)CCCCC2. The molecule has 2 N–H and O–H groups in total. The van der Waals surface area contributed by atoms with E-state index in [0.717, 1.165) is 23.1 Å². The van der Waals surface area contributed by atoms with Crippen LogP contribution in [0, 0.1) is 0 Å². The zero-order valence-electron chi connectivity index (χ0n) is 11.3. The fraction of sp³-hybridized carbons (Fsp3) is 0.600. The molecule has 0 saturated carbocycles. The Morgan fingerprint density at radius 2 is 2.06 bits per heavy atom. The van der Waals surface area contributed by atoms with Gasteiger partial charge in [-0.3, -0.25) is 0 Å². The first-order valence-electron chi connectivity index (χ1n) is 6.76. The summed E-state index contributed by atoms with van der Waals surface area (Å²) < 4.78 is 6.73. The predicted octanol–water partition coefficient (Wildman–Crippen LogP) is 3.62. The Hall–Kier alpha value is -0.540. The molecule has 0 fully saturated rings. The number of ether oxygens (including phenoxy) is 1. The van der Waals surface area contributed by atoms with Crippen molar-refractivity contribution in [3.63, 3.8) is 0 Å². The molecule has 100 valence electrons. The van der Waals surface area contributed by atoms with Crippen LogP contribution in [0.4, 0.5) is 0 Å². The lowest BCUT2D eigenvalue weighted by atomic mass is 9.96. The molecule has 0 radical (unpaired) electrons. The zero-order valence-corrected chi connectivity index (χ0v) is 12.8. The molecule has 1 aliphatic rings. The Kier molecular flexibility index (Phi) is 4.68. The maximum absolute atomic E-state index is 5.93. The molecule has 1 atom stereocenters. The molecule has 0 saturated heterocycles. The number of methoxy groups -OCH3 is 1. The molecule has 0 heterocycles. The highest BCUT2D eigenvalue weighted by Gasteiger charge is 2.19. The minimum absolute atomic E-state index is 0.162. The van der Waals surface area contributed by atoms with Crippen LogP contribution in [0.15, 0.2) is 10.5 Å². The molecule has 0 bridgehead atoms. The molecule has 18 heavy (non-hydrogen) atoms. The number of fused-ring (bicyclic) bond motifs is 1. The molecular formula is C15H22BrNO. The summed E-state index contributed by atoms with van der Waals surface area (Å²) in [6, 6.07) is 2.47. The van der Waals surface area contributed by atoms with Gasteiger partial charge in [-0.1, -0.05) is 12.5 Å². The van der Waals surface area contributed by atoms with Crippen molar-refractivity contribution in [2.75, 3.05) is 7.11 Å². The van der Waals surface area contributed by atoms with E-state index in [0.29, 0.717) is 0 Å². The molecule has 0 amide bonds. The van der Waals surface area contributed by atoms with Gasteiger partial charge < -0.3 is 10.5 Å². The van der Waals surface area contributed by atoms with Gasteiger partial charge in [0.25, 0.3) is 0 Å².